The van der Waals surface area contributed by atoms with E-state index in [1.165, 1.54) is 30.1 Å². The number of esters is 1. The van der Waals surface area contributed by atoms with Gasteiger partial charge in [0.2, 0.25) is 5.91 Å². The van der Waals surface area contributed by atoms with Crippen LogP contribution in [-0.2, 0) is 31.7 Å². The van der Waals surface area contributed by atoms with E-state index < -0.39 is 30.3 Å². The van der Waals surface area contributed by atoms with Gasteiger partial charge in [0.1, 0.15) is 17.5 Å². The maximum atomic E-state index is 13.1. The minimum atomic E-state index is -4.49. The van der Waals surface area contributed by atoms with E-state index in [2.05, 4.69) is 41.4 Å². The summed E-state index contributed by atoms with van der Waals surface area (Å²) in [6, 6.07) is 9.56. The molecular weight excluding hydrogens is 515 g/mol. The molecule has 210 valence electrons. The van der Waals surface area contributed by atoms with Crippen molar-refractivity contribution in [1.29, 1.82) is 0 Å². The molecule has 0 unspecified atom stereocenters. The Hall–Kier alpha value is -3.96. The van der Waals surface area contributed by atoms with Gasteiger partial charge < -0.3 is 14.8 Å². The number of benzene rings is 1. The van der Waals surface area contributed by atoms with Crippen LogP contribution in [0.2, 0.25) is 0 Å². The molecule has 2 aromatic heterocycles. The number of rotatable bonds is 9. The van der Waals surface area contributed by atoms with E-state index >= 15 is 0 Å². The first-order chi connectivity index (χ1) is 18.1. The van der Waals surface area contributed by atoms with E-state index in [1.807, 2.05) is 24.3 Å². The lowest BCUT2D eigenvalue weighted by Gasteiger charge is -2.21. The summed E-state index contributed by atoms with van der Waals surface area (Å²) in [4.78, 5) is 29.5. The minimum absolute atomic E-state index is 0.0304. The molecule has 0 radical (unpaired) electrons. The molecule has 3 rings (SSSR count). The van der Waals surface area contributed by atoms with Crippen LogP contribution in [0.4, 0.5) is 13.2 Å². The maximum absolute atomic E-state index is 13.1. The summed E-state index contributed by atoms with van der Waals surface area (Å²) < 4.78 is 48.4. The van der Waals surface area contributed by atoms with Gasteiger partial charge in [0.15, 0.2) is 12.1 Å². The van der Waals surface area contributed by atoms with Crippen LogP contribution in [0.5, 0.6) is 5.75 Å². The number of ether oxygens (including phenoxy) is 2. The molecule has 0 aliphatic heterocycles. The molecule has 1 aromatic carbocycles. The number of halogens is 3. The number of amides is 1. The van der Waals surface area contributed by atoms with Crippen molar-refractivity contribution in [2.75, 3.05) is 13.7 Å². The van der Waals surface area contributed by atoms with Crippen molar-refractivity contribution in [2.45, 2.75) is 64.2 Å². The fourth-order valence-corrected chi connectivity index (χ4v) is 3.66. The van der Waals surface area contributed by atoms with Crippen LogP contribution in [0.1, 0.15) is 63.2 Å². The van der Waals surface area contributed by atoms with Crippen LogP contribution < -0.4 is 10.1 Å². The molecular formula is C27H32F3N5O4. The Bertz CT molecular complexity index is 1280. The molecule has 0 aliphatic carbocycles. The standard InChI is InChI=1S/C27H32F3N5O4/c1-25(2,3)18-9-7-17(8-10-18)13-22(36)32-23(20-12-11-19(14-31-20)39-16-27(28,29)30)21-15-35(34-33-21)26(4,5)24(37)38-6/h7-12,14-15,23H,13,16H2,1-6H3,(H,32,36)/t23-/m0/s1. The zero-order chi connectivity index (χ0) is 29.0. The molecule has 1 N–H and O–H groups in total. The summed E-state index contributed by atoms with van der Waals surface area (Å²) in [6.45, 7) is 8.02. The lowest BCUT2D eigenvalue weighted by Crippen LogP contribution is -2.37. The number of methoxy groups -OCH3 is 1. The number of pyridine rings is 1. The summed E-state index contributed by atoms with van der Waals surface area (Å²) in [5.41, 5.74) is 1.25. The molecule has 0 saturated heterocycles. The van der Waals surface area contributed by atoms with Gasteiger partial charge in [-0.3, -0.25) is 9.78 Å². The zero-order valence-electron chi connectivity index (χ0n) is 22.7. The topological polar surface area (TPSA) is 108 Å². The monoisotopic (exact) mass is 547 g/mol. The van der Waals surface area contributed by atoms with E-state index in [-0.39, 0.29) is 34.9 Å². The average Bonchev–Trinajstić information content (AvgIpc) is 3.36. The summed E-state index contributed by atoms with van der Waals surface area (Å²) in [6.07, 6.45) is -1.81. The van der Waals surface area contributed by atoms with E-state index in [0.29, 0.717) is 0 Å². The first-order valence-corrected chi connectivity index (χ1v) is 12.2. The highest BCUT2D eigenvalue weighted by Crippen LogP contribution is 2.25. The summed E-state index contributed by atoms with van der Waals surface area (Å²) in [5, 5.41) is 11.0. The SMILES string of the molecule is COC(=O)C(C)(C)n1cc([C@@H](NC(=O)Cc2ccc(C(C)(C)C)cc2)c2ccc(OCC(F)(F)F)cn2)nn1. The Kier molecular flexibility index (Phi) is 8.67. The number of aromatic nitrogens is 4. The van der Waals surface area contributed by atoms with Crippen molar-refractivity contribution < 1.29 is 32.2 Å². The molecule has 12 heteroatoms. The molecule has 0 fully saturated rings. The lowest BCUT2D eigenvalue weighted by atomic mass is 9.86. The number of nitrogens with zero attached hydrogens (tertiary/aromatic N) is 4. The van der Waals surface area contributed by atoms with Gasteiger partial charge in [0.25, 0.3) is 0 Å². The van der Waals surface area contributed by atoms with Crippen LogP contribution in [0, 0.1) is 0 Å². The largest absolute Gasteiger partial charge is 0.483 e. The summed E-state index contributed by atoms with van der Waals surface area (Å²) >= 11 is 0. The molecule has 3 aromatic rings. The zero-order valence-corrected chi connectivity index (χ0v) is 22.7. The van der Waals surface area contributed by atoms with E-state index in [4.69, 9.17) is 9.47 Å². The van der Waals surface area contributed by atoms with Gasteiger partial charge in [-0.2, -0.15) is 13.2 Å². The van der Waals surface area contributed by atoms with Gasteiger partial charge in [-0.1, -0.05) is 50.3 Å². The van der Waals surface area contributed by atoms with Crippen molar-refractivity contribution in [1.82, 2.24) is 25.3 Å². The second kappa shape index (κ2) is 11.4. The molecule has 0 saturated carbocycles. The highest BCUT2D eigenvalue weighted by molar-refractivity contribution is 5.79. The van der Waals surface area contributed by atoms with Crippen molar-refractivity contribution in [3.63, 3.8) is 0 Å². The molecule has 2 heterocycles. The predicted molar refractivity (Wildman–Crippen MR) is 136 cm³/mol. The Morgan fingerprint density at radius 3 is 2.21 bits per heavy atom. The second-order valence-corrected chi connectivity index (χ2v) is 10.6. The van der Waals surface area contributed by atoms with Gasteiger partial charge in [-0.15, -0.1) is 5.10 Å². The second-order valence-electron chi connectivity index (χ2n) is 10.6. The fourth-order valence-electron chi connectivity index (χ4n) is 3.66. The molecule has 0 bridgehead atoms. The average molecular weight is 548 g/mol. The van der Waals surface area contributed by atoms with Gasteiger partial charge >= 0.3 is 12.1 Å². The van der Waals surface area contributed by atoms with Gasteiger partial charge in [-0.25, -0.2) is 9.48 Å². The Morgan fingerprint density at radius 1 is 1.00 bits per heavy atom. The normalized spacial score (nSPS) is 13.1. The quantitative estimate of drug-likeness (QED) is 0.399. The molecule has 0 aliphatic rings. The number of hydrogen-bond donors (Lipinski definition) is 1. The third-order valence-electron chi connectivity index (χ3n) is 6.01. The highest BCUT2D eigenvalue weighted by atomic mass is 19.4. The third-order valence-corrected chi connectivity index (χ3v) is 6.01. The van der Waals surface area contributed by atoms with Crippen LogP contribution in [0.3, 0.4) is 0 Å². The summed E-state index contributed by atoms with van der Waals surface area (Å²) in [5.74, 6) is -0.984. The molecule has 1 amide bonds. The van der Waals surface area contributed by atoms with Gasteiger partial charge in [0, 0.05) is 0 Å². The van der Waals surface area contributed by atoms with Crippen molar-refractivity contribution in [3.05, 3.63) is 71.3 Å². The van der Waals surface area contributed by atoms with Crippen molar-refractivity contribution >= 4 is 11.9 Å². The van der Waals surface area contributed by atoms with Crippen LogP contribution >= 0.6 is 0 Å². The molecule has 9 nitrogen and oxygen atoms in total. The highest BCUT2D eigenvalue weighted by Gasteiger charge is 2.34. The van der Waals surface area contributed by atoms with Crippen LogP contribution in [0.15, 0.2) is 48.8 Å². The third kappa shape index (κ3) is 7.78. The number of carbonyl (C=O) groups is 2. The van der Waals surface area contributed by atoms with Gasteiger partial charge in [0.05, 0.1) is 31.6 Å². The molecule has 0 spiro atoms. The number of hydrogen-bond acceptors (Lipinski definition) is 7. The summed E-state index contributed by atoms with van der Waals surface area (Å²) in [7, 11) is 1.26. The number of alkyl halides is 3. The molecule has 1 atom stereocenters. The van der Waals surface area contributed by atoms with Crippen molar-refractivity contribution in [2.24, 2.45) is 0 Å². The lowest BCUT2D eigenvalue weighted by molar-refractivity contribution is -0.153. The maximum Gasteiger partial charge on any atom is 0.422 e. The Labute approximate surface area is 224 Å². The van der Waals surface area contributed by atoms with Crippen LogP contribution in [0.25, 0.3) is 0 Å². The molecule has 39 heavy (non-hydrogen) atoms. The minimum Gasteiger partial charge on any atom is -0.483 e. The Morgan fingerprint density at radius 2 is 1.67 bits per heavy atom. The van der Waals surface area contributed by atoms with E-state index in [1.54, 1.807) is 13.8 Å². The fraction of sp³-hybridized carbons (Fsp3) is 0.444. The van der Waals surface area contributed by atoms with E-state index in [0.717, 1.165) is 17.3 Å². The number of carbonyl (C=O) groups excluding carboxylic acids is 2. The first-order valence-electron chi connectivity index (χ1n) is 12.2. The smallest absolute Gasteiger partial charge is 0.422 e. The van der Waals surface area contributed by atoms with Gasteiger partial charge in [-0.05, 0) is 42.5 Å². The first kappa shape index (κ1) is 29.6. The van der Waals surface area contributed by atoms with Crippen LogP contribution in [-0.4, -0.2) is 51.7 Å². The number of nitrogens with one attached hydrogen (secondary N) is 1. The predicted octanol–water partition coefficient (Wildman–Crippen LogP) is 4.27. The van der Waals surface area contributed by atoms with Crippen molar-refractivity contribution in [3.8, 4) is 5.75 Å². The Balaban J connectivity index is 1.87. The van der Waals surface area contributed by atoms with E-state index in [9.17, 15) is 22.8 Å².